The fraction of sp³-hybridized carbons (Fsp3) is 0.632. The molecule has 1 aliphatic carbocycles. The molecule has 2 fully saturated rings. The Labute approximate surface area is 151 Å². The predicted molar refractivity (Wildman–Crippen MR) is 105 cm³/mol. The van der Waals surface area contributed by atoms with Gasteiger partial charge in [0.1, 0.15) is 5.84 Å². The molecule has 1 atom stereocenters. The second kappa shape index (κ2) is 8.43. The highest BCUT2D eigenvalue weighted by Gasteiger charge is 2.54. The van der Waals surface area contributed by atoms with Crippen molar-refractivity contribution in [3.05, 3.63) is 23.9 Å². The second-order valence-electron chi connectivity index (χ2n) is 7.21. The van der Waals surface area contributed by atoms with Gasteiger partial charge in [0, 0.05) is 31.1 Å². The van der Waals surface area contributed by atoms with Crippen LogP contribution in [-0.4, -0.2) is 55.4 Å². The smallest absolute Gasteiger partial charge is 0.118 e. The van der Waals surface area contributed by atoms with Crippen LogP contribution in [0.25, 0.3) is 0 Å². The molecule has 5 N–H and O–H groups in total. The average Bonchev–Trinajstić information content (AvgIpc) is 3.28. The Hall–Kier alpha value is -1.95. The van der Waals surface area contributed by atoms with Gasteiger partial charge in [-0.15, -0.1) is 0 Å². The van der Waals surface area contributed by atoms with Crippen molar-refractivity contribution in [2.45, 2.75) is 33.1 Å². The summed E-state index contributed by atoms with van der Waals surface area (Å²) in [7, 11) is 1.75. The van der Waals surface area contributed by atoms with E-state index in [0.717, 1.165) is 13.1 Å². The van der Waals surface area contributed by atoms with E-state index in [0.29, 0.717) is 28.5 Å². The molecule has 0 radical (unpaired) electrons. The quantitative estimate of drug-likeness (QED) is 0.345. The number of hydrogen-bond donors (Lipinski definition) is 5. The highest BCUT2D eigenvalue weighted by atomic mass is 15.1. The van der Waals surface area contributed by atoms with Crippen molar-refractivity contribution < 1.29 is 0 Å². The van der Waals surface area contributed by atoms with Gasteiger partial charge in [-0.2, -0.15) is 0 Å². The summed E-state index contributed by atoms with van der Waals surface area (Å²) in [5, 5.41) is 29.8. The Balaban J connectivity index is 1.76. The highest BCUT2D eigenvalue weighted by Crippen LogP contribution is 2.58. The van der Waals surface area contributed by atoms with Gasteiger partial charge in [-0.25, -0.2) is 0 Å². The molecule has 2 aliphatic rings. The lowest BCUT2D eigenvalue weighted by Gasteiger charge is -2.32. The highest BCUT2D eigenvalue weighted by molar-refractivity contribution is 6.26. The van der Waals surface area contributed by atoms with Crippen molar-refractivity contribution >= 4 is 17.3 Å². The van der Waals surface area contributed by atoms with Gasteiger partial charge in [0.2, 0.25) is 0 Å². The SMILES string of the molecule is CCN1CCC2(CC1)CC2CNC(=N)/C=C\C(=N)/C(=C/NC)C(C)=N. The molecule has 1 unspecified atom stereocenters. The zero-order chi connectivity index (χ0) is 18.4. The third-order valence-corrected chi connectivity index (χ3v) is 5.60. The van der Waals surface area contributed by atoms with Crippen molar-refractivity contribution in [3.8, 4) is 0 Å². The van der Waals surface area contributed by atoms with E-state index < -0.39 is 0 Å². The maximum atomic E-state index is 8.03. The van der Waals surface area contributed by atoms with Crippen LogP contribution in [0.15, 0.2) is 23.9 Å². The molecule has 1 saturated heterocycles. The van der Waals surface area contributed by atoms with Gasteiger partial charge in [0.05, 0.1) is 5.71 Å². The topological polar surface area (TPSA) is 98.8 Å². The molecular weight excluding hydrogens is 312 g/mol. The van der Waals surface area contributed by atoms with Crippen molar-refractivity contribution in [1.29, 1.82) is 16.2 Å². The third-order valence-electron chi connectivity index (χ3n) is 5.60. The first kappa shape index (κ1) is 19.4. The number of hydrogen-bond acceptors (Lipinski definition) is 5. The predicted octanol–water partition coefficient (Wildman–Crippen LogP) is 2.39. The first-order valence-corrected chi connectivity index (χ1v) is 9.16. The molecule has 138 valence electrons. The van der Waals surface area contributed by atoms with Crippen LogP contribution in [-0.2, 0) is 0 Å². The fourth-order valence-electron chi connectivity index (χ4n) is 3.73. The summed E-state index contributed by atoms with van der Waals surface area (Å²) < 4.78 is 0. The molecule has 0 bridgehead atoms. The van der Waals surface area contributed by atoms with Crippen LogP contribution in [0.3, 0.4) is 0 Å². The molecule has 6 nitrogen and oxygen atoms in total. The van der Waals surface area contributed by atoms with Gasteiger partial charge in [-0.3, -0.25) is 5.41 Å². The molecule has 1 heterocycles. The molecular formula is C19H32N6. The molecule has 0 aromatic carbocycles. The van der Waals surface area contributed by atoms with Crippen LogP contribution in [0.1, 0.15) is 33.1 Å². The summed E-state index contributed by atoms with van der Waals surface area (Å²) in [5.41, 5.74) is 1.63. The lowest BCUT2D eigenvalue weighted by atomic mass is 9.91. The molecule has 6 heteroatoms. The number of nitrogens with zero attached hydrogens (tertiary/aromatic N) is 1. The summed E-state index contributed by atoms with van der Waals surface area (Å²) >= 11 is 0. The summed E-state index contributed by atoms with van der Waals surface area (Å²) in [6.45, 7) is 8.32. The van der Waals surface area contributed by atoms with Crippen molar-refractivity contribution in [2.75, 3.05) is 33.2 Å². The minimum atomic E-state index is 0.239. The van der Waals surface area contributed by atoms with Crippen molar-refractivity contribution in [2.24, 2.45) is 11.3 Å². The number of piperidine rings is 1. The molecule has 0 aromatic rings. The molecule has 2 rings (SSSR count). The molecule has 1 aliphatic heterocycles. The van der Waals surface area contributed by atoms with E-state index in [-0.39, 0.29) is 5.71 Å². The van der Waals surface area contributed by atoms with E-state index in [1.807, 2.05) is 0 Å². The summed E-state index contributed by atoms with van der Waals surface area (Å²) in [5.74, 6) is 1.02. The van der Waals surface area contributed by atoms with E-state index in [1.165, 1.54) is 32.4 Å². The minimum Gasteiger partial charge on any atom is -0.393 e. The van der Waals surface area contributed by atoms with E-state index in [1.54, 1.807) is 32.3 Å². The van der Waals surface area contributed by atoms with Gasteiger partial charge in [0.15, 0.2) is 0 Å². The third kappa shape index (κ3) is 5.01. The maximum Gasteiger partial charge on any atom is 0.118 e. The average molecular weight is 345 g/mol. The fourth-order valence-corrected chi connectivity index (χ4v) is 3.73. The number of allylic oxidation sites excluding steroid dienone is 2. The number of likely N-dealkylation sites (tertiary alicyclic amines) is 1. The molecule has 0 amide bonds. The zero-order valence-corrected chi connectivity index (χ0v) is 15.7. The monoisotopic (exact) mass is 344 g/mol. The van der Waals surface area contributed by atoms with Gasteiger partial charge >= 0.3 is 0 Å². The lowest BCUT2D eigenvalue weighted by molar-refractivity contribution is 0.170. The standard InChI is InChI=1S/C19H32N6/c1-4-25-9-7-19(8-10-25)11-15(19)12-24-18(22)6-5-17(21)16(13-23-3)14(2)20/h5-6,13,15,20-21,23H,4,7-12H2,1-3H3,(H2,22,24)/b6-5-,16-13+,20-14?,21-17?. The van der Waals surface area contributed by atoms with Crippen LogP contribution in [0.4, 0.5) is 0 Å². The Morgan fingerprint density at radius 1 is 1.20 bits per heavy atom. The van der Waals surface area contributed by atoms with Gasteiger partial charge in [-0.05, 0) is 69.3 Å². The summed E-state index contributed by atoms with van der Waals surface area (Å²) in [6, 6.07) is 0. The van der Waals surface area contributed by atoms with Gasteiger partial charge in [-0.1, -0.05) is 6.92 Å². The van der Waals surface area contributed by atoms with E-state index in [2.05, 4.69) is 22.5 Å². The van der Waals surface area contributed by atoms with Crippen LogP contribution in [0.2, 0.25) is 0 Å². The largest absolute Gasteiger partial charge is 0.393 e. The van der Waals surface area contributed by atoms with Crippen LogP contribution >= 0.6 is 0 Å². The van der Waals surface area contributed by atoms with Crippen LogP contribution in [0.5, 0.6) is 0 Å². The van der Waals surface area contributed by atoms with Gasteiger partial charge in [0.25, 0.3) is 0 Å². The summed E-state index contributed by atoms with van der Waals surface area (Å²) in [4.78, 5) is 2.52. The Morgan fingerprint density at radius 2 is 1.88 bits per heavy atom. The van der Waals surface area contributed by atoms with E-state index in [9.17, 15) is 0 Å². The normalized spacial score (nSPS) is 22.8. The number of amidine groups is 1. The Morgan fingerprint density at radius 3 is 2.44 bits per heavy atom. The van der Waals surface area contributed by atoms with Crippen molar-refractivity contribution in [1.82, 2.24) is 15.5 Å². The van der Waals surface area contributed by atoms with Gasteiger partial charge < -0.3 is 26.4 Å². The number of rotatable bonds is 8. The Bertz CT molecular complexity index is 581. The molecule has 1 saturated carbocycles. The maximum absolute atomic E-state index is 8.03. The zero-order valence-electron chi connectivity index (χ0n) is 15.7. The number of nitrogens with one attached hydrogen (secondary N) is 5. The van der Waals surface area contributed by atoms with E-state index >= 15 is 0 Å². The summed E-state index contributed by atoms with van der Waals surface area (Å²) in [6.07, 6.45) is 8.70. The van der Waals surface area contributed by atoms with E-state index in [4.69, 9.17) is 16.2 Å². The second-order valence-corrected chi connectivity index (χ2v) is 7.21. The Kier molecular flexibility index (Phi) is 6.53. The molecule has 25 heavy (non-hydrogen) atoms. The van der Waals surface area contributed by atoms with Crippen molar-refractivity contribution in [3.63, 3.8) is 0 Å². The molecule has 0 aromatic heterocycles. The van der Waals surface area contributed by atoms with Crippen LogP contribution in [0, 0.1) is 27.6 Å². The first-order chi connectivity index (χ1) is 11.9. The lowest BCUT2D eigenvalue weighted by Crippen LogP contribution is -2.36. The minimum absolute atomic E-state index is 0.239. The molecule has 1 spiro atoms. The van der Waals surface area contributed by atoms with Crippen LogP contribution < -0.4 is 10.6 Å². The first-order valence-electron chi connectivity index (χ1n) is 9.16.